The van der Waals surface area contributed by atoms with Gasteiger partial charge in [0.2, 0.25) is 5.88 Å². The van der Waals surface area contributed by atoms with E-state index in [0.717, 1.165) is 9.13 Å². The SMILES string of the molecule is O=C(O)CNC(=O)c1c(O)n(Cc2ccccc2)c(=O)n(C2CCOC(=O)C2)c1=O. The minimum absolute atomic E-state index is 0.00448. The number of cyclic esters (lactones) is 1. The van der Waals surface area contributed by atoms with Crippen LogP contribution in [0.15, 0.2) is 39.9 Å². The van der Waals surface area contributed by atoms with Crippen molar-refractivity contribution in [1.29, 1.82) is 0 Å². The highest BCUT2D eigenvalue weighted by Crippen LogP contribution is 2.21. The number of carboxylic acids is 1. The third kappa shape index (κ3) is 4.24. The summed E-state index contributed by atoms with van der Waals surface area (Å²) in [6.07, 6.45) is -0.0748. The van der Waals surface area contributed by atoms with E-state index in [9.17, 15) is 29.1 Å². The van der Waals surface area contributed by atoms with Gasteiger partial charge in [0.1, 0.15) is 6.54 Å². The van der Waals surface area contributed by atoms with E-state index in [4.69, 9.17) is 9.84 Å². The van der Waals surface area contributed by atoms with Gasteiger partial charge in [0.25, 0.3) is 11.5 Å². The number of ether oxygens (including phenoxy) is 1. The van der Waals surface area contributed by atoms with Crippen LogP contribution in [0.1, 0.15) is 34.8 Å². The second-order valence-corrected chi connectivity index (χ2v) is 6.67. The van der Waals surface area contributed by atoms with Gasteiger partial charge in [-0.2, -0.15) is 0 Å². The van der Waals surface area contributed by atoms with Crippen molar-refractivity contribution < 1.29 is 29.3 Å². The maximum Gasteiger partial charge on any atom is 0.334 e. The van der Waals surface area contributed by atoms with Crippen molar-refractivity contribution in [1.82, 2.24) is 14.5 Å². The second kappa shape index (κ2) is 8.64. The molecule has 11 nitrogen and oxygen atoms in total. The van der Waals surface area contributed by atoms with Crippen LogP contribution in [0.5, 0.6) is 5.88 Å². The number of hydrogen-bond acceptors (Lipinski definition) is 7. The lowest BCUT2D eigenvalue weighted by Crippen LogP contribution is -2.47. The Labute approximate surface area is 169 Å². The van der Waals surface area contributed by atoms with Gasteiger partial charge in [-0.25, -0.2) is 4.79 Å². The van der Waals surface area contributed by atoms with Gasteiger partial charge in [0.15, 0.2) is 5.56 Å². The molecule has 2 heterocycles. The molecule has 1 atom stereocenters. The molecule has 1 aliphatic rings. The van der Waals surface area contributed by atoms with Crippen LogP contribution in [0.4, 0.5) is 0 Å². The molecule has 1 aromatic heterocycles. The summed E-state index contributed by atoms with van der Waals surface area (Å²) in [6.45, 7) is -0.942. The molecule has 30 heavy (non-hydrogen) atoms. The first-order valence-electron chi connectivity index (χ1n) is 9.07. The molecule has 1 aliphatic heterocycles. The first kappa shape index (κ1) is 20.8. The van der Waals surface area contributed by atoms with Crippen LogP contribution in [0.2, 0.25) is 0 Å². The fraction of sp³-hybridized carbons (Fsp3) is 0.316. The predicted octanol–water partition coefficient (Wildman–Crippen LogP) is -0.544. The Balaban J connectivity index is 2.16. The maximum atomic E-state index is 13.0. The number of hydrogen-bond donors (Lipinski definition) is 3. The molecule has 0 bridgehead atoms. The van der Waals surface area contributed by atoms with E-state index in [2.05, 4.69) is 0 Å². The predicted molar refractivity (Wildman–Crippen MR) is 101 cm³/mol. The molecule has 0 spiro atoms. The van der Waals surface area contributed by atoms with Gasteiger partial charge in [-0.3, -0.25) is 28.3 Å². The number of esters is 1. The number of aromatic nitrogens is 2. The number of benzene rings is 1. The third-order valence-corrected chi connectivity index (χ3v) is 4.64. The van der Waals surface area contributed by atoms with Gasteiger partial charge < -0.3 is 20.3 Å². The Hall–Kier alpha value is -3.89. The summed E-state index contributed by atoms with van der Waals surface area (Å²) >= 11 is 0. The summed E-state index contributed by atoms with van der Waals surface area (Å²) in [5.41, 5.74) is -2.16. The lowest BCUT2D eigenvalue weighted by atomic mass is 10.1. The Bertz CT molecular complexity index is 1100. The van der Waals surface area contributed by atoms with Crippen molar-refractivity contribution >= 4 is 17.8 Å². The fourth-order valence-corrected chi connectivity index (χ4v) is 3.21. The van der Waals surface area contributed by atoms with Crippen molar-refractivity contribution in [3.8, 4) is 5.88 Å². The molecule has 1 unspecified atom stereocenters. The zero-order chi connectivity index (χ0) is 21.8. The summed E-state index contributed by atoms with van der Waals surface area (Å²) < 4.78 is 6.43. The van der Waals surface area contributed by atoms with E-state index in [-0.39, 0.29) is 26.0 Å². The van der Waals surface area contributed by atoms with Crippen LogP contribution in [0.3, 0.4) is 0 Å². The number of aliphatic carboxylic acids is 1. The summed E-state index contributed by atoms with van der Waals surface area (Å²) in [6, 6.07) is 7.69. The van der Waals surface area contributed by atoms with E-state index in [1.54, 1.807) is 30.3 Å². The van der Waals surface area contributed by atoms with Gasteiger partial charge in [0.05, 0.1) is 25.6 Å². The van der Waals surface area contributed by atoms with Gasteiger partial charge in [-0.1, -0.05) is 30.3 Å². The zero-order valence-corrected chi connectivity index (χ0v) is 15.7. The summed E-state index contributed by atoms with van der Waals surface area (Å²) in [4.78, 5) is 60.9. The highest BCUT2D eigenvalue weighted by molar-refractivity contribution is 5.97. The lowest BCUT2D eigenvalue weighted by Gasteiger charge is -2.24. The highest BCUT2D eigenvalue weighted by Gasteiger charge is 2.31. The van der Waals surface area contributed by atoms with Crippen LogP contribution in [-0.2, 0) is 20.9 Å². The maximum absolute atomic E-state index is 13.0. The Morgan fingerprint density at radius 1 is 1.17 bits per heavy atom. The van der Waals surface area contributed by atoms with Crippen LogP contribution >= 0.6 is 0 Å². The normalized spacial score (nSPS) is 16.0. The molecular weight excluding hydrogens is 398 g/mol. The average Bonchev–Trinajstić information content (AvgIpc) is 2.70. The molecule has 1 fully saturated rings. The van der Waals surface area contributed by atoms with Gasteiger partial charge in [-0.15, -0.1) is 0 Å². The molecule has 3 rings (SSSR count). The molecule has 1 saturated heterocycles. The van der Waals surface area contributed by atoms with Crippen LogP contribution in [-0.4, -0.2) is 50.3 Å². The monoisotopic (exact) mass is 417 g/mol. The van der Waals surface area contributed by atoms with E-state index < -0.39 is 53.1 Å². The first-order valence-corrected chi connectivity index (χ1v) is 9.07. The molecule has 1 amide bonds. The van der Waals surface area contributed by atoms with Gasteiger partial charge in [0, 0.05) is 6.42 Å². The molecule has 0 aliphatic carbocycles. The first-order chi connectivity index (χ1) is 14.3. The molecule has 0 radical (unpaired) electrons. The van der Waals surface area contributed by atoms with Crippen LogP contribution < -0.4 is 16.6 Å². The molecular formula is C19H19N3O8. The third-order valence-electron chi connectivity index (χ3n) is 4.64. The van der Waals surface area contributed by atoms with E-state index >= 15 is 0 Å². The summed E-state index contributed by atoms with van der Waals surface area (Å²) in [5, 5.41) is 21.3. The number of carbonyl (C=O) groups excluding carboxylic acids is 2. The molecule has 3 N–H and O–H groups in total. The second-order valence-electron chi connectivity index (χ2n) is 6.67. The molecule has 1 aromatic carbocycles. The summed E-state index contributed by atoms with van der Waals surface area (Å²) in [7, 11) is 0. The van der Waals surface area contributed by atoms with Crippen molar-refractivity contribution in [3.63, 3.8) is 0 Å². The minimum Gasteiger partial charge on any atom is -0.494 e. The number of carboxylic acid groups (broad SMARTS) is 1. The lowest BCUT2D eigenvalue weighted by molar-refractivity contribution is -0.148. The average molecular weight is 417 g/mol. The molecule has 2 aromatic rings. The number of amides is 1. The van der Waals surface area contributed by atoms with E-state index in [1.165, 1.54) is 0 Å². The molecule has 11 heteroatoms. The zero-order valence-electron chi connectivity index (χ0n) is 15.7. The van der Waals surface area contributed by atoms with Crippen molar-refractivity contribution in [2.24, 2.45) is 0 Å². The Kier molecular flexibility index (Phi) is 6.00. The summed E-state index contributed by atoms with van der Waals surface area (Å²) in [5.74, 6) is -3.98. The van der Waals surface area contributed by atoms with Crippen LogP contribution in [0, 0.1) is 0 Å². The number of aromatic hydroxyl groups is 1. The largest absolute Gasteiger partial charge is 0.494 e. The van der Waals surface area contributed by atoms with Crippen molar-refractivity contribution in [2.45, 2.75) is 25.4 Å². The molecule has 158 valence electrons. The Morgan fingerprint density at radius 3 is 2.50 bits per heavy atom. The standard InChI is InChI=1S/C19H19N3O8/c23-13(24)9-20-16(26)15-17(27)21(10-11-4-2-1-3-5-11)19(29)22(18(15)28)12-6-7-30-14(25)8-12/h1-5,12,27H,6-10H2,(H,20,26)(H,23,24). The Morgan fingerprint density at radius 2 is 1.87 bits per heavy atom. The van der Waals surface area contributed by atoms with Crippen molar-refractivity contribution in [2.75, 3.05) is 13.2 Å². The quantitative estimate of drug-likeness (QED) is 0.529. The van der Waals surface area contributed by atoms with E-state index in [1.807, 2.05) is 5.32 Å². The number of nitrogens with one attached hydrogen (secondary N) is 1. The number of carbonyl (C=O) groups is 3. The number of rotatable bonds is 6. The number of nitrogens with zero attached hydrogens (tertiary/aromatic N) is 2. The van der Waals surface area contributed by atoms with Gasteiger partial charge >= 0.3 is 17.6 Å². The minimum atomic E-state index is -1.35. The topological polar surface area (TPSA) is 157 Å². The van der Waals surface area contributed by atoms with Crippen LogP contribution in [0.25, 0.3) is 0 Å². The highest BCUT2D eigenvalue weighted by atomic mass is 16.5. The van der Waals surface area contributed by atoms with E-state index in [0.29, 0.717) is 5.56 Å². The van der Waals surface area contributed by atoms with Crippen molar-refractivity contribution in [3.05, 3.63) is 62.3 Å². The fourth-order valence-electron chi connectivity index (χ4n) is 3.21. The van der Waals surface area contributed by atoms with Gasteiger partial charge in [-0.05, 0) is 5.56 Å². The molecule has 0 saturated carbocycles. The smallest absolute Gasteiger partial charge is 0.334 e.